The lowest BCUT2D eigenvalue weighted by atomic mass is 10.2. The molecule has 0 saturated heterocycles. The van der Waals surface area contributed by atoms with Crippen LogP contribution in [0.1, 0.15) is 17.3 Å². The molecule has 88 valence electrons. The monoisotopic (exact) mass is 236 g/mol. The summed E-state index contributed by atoms with van der Waals surface area (Å²) in [5.41, 5.74) is 0.775. The highest BCUT2D eigenvalue weighted by Gasteiger charge is 2.20. The molecule has 0 aromatic heterocycles. The summed E-state index contributed by atoms with van der Waals surface area (Å²) >= 11 is 0. The van der Waals surface area contributed by atoms with E-state index in [1.165, 1.54) is 0 Å². The number of nitrogens with zero attached hydrogens (tertiary/aromatic N) is 1. The Labute approximate surface area is 89.6 Å². The van der Waals surface area contributed by atoms with Gasteiger partial charge in [-0.3, -0.25) is 4.79 Å². The quantitative estimate of drug-likeness (QED) is 0.347. The fraction of sp³-hybridized carbons (Fsp3) is 0.125. The van der Waals surface area contributed by atoms with Crippen LogP contribution in [0.3, 0.4) is 0 Å². The number of benzene rings is 1. The molecule has 0 aliphatic rings. The average Bonchev–Trinajstić information content (AvgIpc) is 2.20. The van der Waals surface area contributed by atoms with Crippen LogP contribution >= 0.6 is 0 Å². The molecule has 0 aliphatic carbocycles. The van der Waals surface area contributed by atoms with E-state index in [-0.39, 0.29) is 5.78 Å². The maximum absolute atomic E-state index is 10.6. The van der Waals surface area contributed by atoms with Gasteiger partial charge in [0.25, 0.3) is 0 Å². The number of ketones is 1. The fourth-order valence-electron chi connectivity index (χ4n) is 0.673. The molecular weight excluding hydrogens is 227 g/mol. The zero-order chi connectivity index (χ0) is 13.2. The van der Waals surface area contributed by atoms with Gasteiger partial charge in [0.15, 0.2) is 5.78 Å². The van der Waals surface area contributed by atoms with Crippen molar-refractivity contribution in [1.29, 1.82) is 5.39 Å². The third-order valence-corrected chi connectivity index (χ3v) is 1.18. The number of rotatable bonds is 1. The van der Waals surface area contributed by atoms with E-state index in [2.05, 4.69) is 0 Å². The normalized spacial score (nSPS) is 8.94. The first kappa shape index (κ1) is 16.5. The molecule has 0 unspecified atom stereocenters. The summed E-state index contributed by atoms with van der Waals surface area (Å²) in [5, 5.41) is 11.0. The summed E-state index contributed by atoms with van der Waals surface area (Å²) in [6.45, 7) is 1.56. The summed E-state index contributed by atoms with van der Waals surface area (Å²) in [6.07, 6.45) is 0. The molecule has 0 amide bonds. The van der Waals surface area contributed by atoms with Crippen molar-refractivity contribution in [3.8, 4) is 0 Å². The average molecular weight is 236 g/mol. The van der Waals surface area contributed by atoms with E-state index in [4.69, 9.17) is 10.8 Å². The molecule has 0 bridgehead atoms. The number of carbonyl (C=O) groups excluding carboxylic acids is 1. The van der Waals surface area contributed by atoms with Crippen molar-refractivity contribution in [2.24, 2.45) is 0 Å². The molecule has 1 rings (SSSR count). The van der Waals surface area contributed by atoms with Crippen LogP contribution in [0.25, 0.3) is 0 Å². The second kappa shape index (κ2) is 8.41. The molecule has 0 saturated carbocycles. The van der Waals surface area contributed by atoms with Crippen molar-refractivity contribution in [1.82, 2.24) is 0 Å². The molecule has 3 nitrogen and oxygen atoms in total. The smallest absolute Gasteiger partial charge is 0.418 e. The SMILES string of the molecule is CC(=O)c1ccccc1.F[B-](F)(F)F.N#[NH+]. The highest BCUT2D eigenvalue weighted by Crippen LogP contribution is 2.06. The highest BCUT2D eigenvalue weighted by molar-refractivity contribution is 6.50. The van der Waals surface area contributed by atoms with Crippen molar-refractivity contribution in [2.75, 3.05) is 0 Å². The van der Waals surface area contributed by atoms with Gasteiger partial charge in [-0.05, 0) is 6.92 Å². The van der Waals surface area contributed by atoms with Gasteiger partial charge >= 0.3 is 7.25 Å². The molecule has 0 spiro atoms. The molecule has 0 radical (unpaired) electrons. The first-order chi connectivity index (χ1) is 7.30. The van der Waals surface area contributed by atoms with Crippen LogP contribution in [-0.2, 0) is 0 Å². The molecule has 1 N–H and O–H groups in total. The zero-order valence-corrected chi connectivity index (χ0v) is 8.33. The molecule has 0 heterocycles. The Kier molecular flexibility index (Phi) is 8.68. The van der Waals surface area contributed by atoms with Gasteiger partial charge in [0.1, 0.15) is 0 Å². The summed E-state index contributed by atoms with van der Waals surface area (Å²) in [6, 6.07) is 9.23. The van der Waals surface area contributed by atoms with Gasteiger partial charge in [-0.15, -0.1) is 0 Å². The summed E-state index contributed by atoms with van der Waals surface area (Å²) < 4.78 is 39.0. The lowest BCUT2D eigenvalue weighted by molar-refractivity contribution is -0.175. The van der Waals surface area contributed by atoms with Gasteiger partial charge in [-0.1, -0.05) is 30.3 Å². The molecule has 1 aromatic carbocycles. The number of carbonyl (C=O) groups is 1. The van der Waals surface area contributed by atoms with E-state index in [0.29, 0.717) is 0 Å². The first-order valence-corrected chi connectivity index (χ1v) is 3.96. The largest absolute Gasteiger partial charge is 0.673 e. The van der Waals surface area contributed by atoms with Crippen LogP contribution in [-0.4, -0.2) is 13.0 Å². The Morgan fingerprint density at radius 2 is 1.44 bits per heavy atom. The number of Topliss-reactive ketones (excluding diaryl/α,β-unsaturated/α-hetero) is 1. The summed E-state index contributed by atoms with van der Waals surface area (Å²) in [5.74, 6) is 0.121. The van der Waals surface area contributed by atoms with Crippen molar-refractivity contribution in [3.63, 3.8) is 0 Å². The Bertz CT molecular complexity index is 320. The van der Waals surface area contributed by atoms with Gasteiger partial charge < -0.3 is 17.3 Å². The third-order valence-electron chi connectivity index (χ3n) is 1.18. The lowest BCUT2D eigenvalue weighted by Gasteiger charge is -1.94. The zero-order valence-electron chi connectivity index (χ0n) is 8.33. The van der Waals surface area contributed by atoms with Crippen molar-refractivity contribution < 1.29 is 27.5 Å². The molecule has 16 heavy (non-hydrogen) atoms. The maximum Gasteiger partial charge on any atom is 0.673 e. The van der Waals surface area contributed by atoms with Gasteiger partial charge in [-0.2, -0.15) is 0 Å². The minimum absolute atomic E-state index is 0.121. The molecule has 1 aromatic rings. The van der Waals surface area contributed by atoms with Crippen LogP contribution in [0.5, 0.6) is 0 Å². The Morgan fingerprint density at radius 1 is 1.12 bits per heavy atom. The summed E-state index contributed by atoms with van der Waals surface area (Å²) in [4.78, 5) is 10.6. The fourth-order valence-corrected chi connectivity index (χ4v) is 0.673. The predicted octanol–water partition coefficient (Wildman–Crippen LogP) is 1.47. The third kappa shape index (κ3) is 14.6. The Hall–Kier alpha value is -1.91. The van der Waals surface area contributed by atoms with Crippen molar-refractivity contribution in [3.05, 3.63) is 35.9 Å². The molecule has 8 heteroatoms. The maximum atomic E-state index is 10.6. The van der Waals surface area contributed by atoms with E-state index >= 15 is 0 Å². The molecular formula is C8H9BF4N2O. The van der Waals surface area contributed by atoms with Crippen molar-refractivity contribution >= 4 is 13.0 Å². The molecule has 0 fully saturated rings. The second-order valence-corrected chi connectivity index (χ2v) is 2.42. The van der Waals surface area contributed by atoms with Crippen LogP contribution in [0.2, 0.25) is 0 Å². The first-order valence-electron chi connectivity index (χ1n) is 3.96. The van der Waals surface area contributed by atoms with Gasteiger partial charge in [0.2, 0.25) is 5.39 Å². The van der Waals surface area contributed by atoms with Crippen LogP contribution in [0, 0.1) is 5.39 Å². The van der Waals surface area contributed by atoms with Gasteiger partial charge in [0.05, 0.1) is 5.39 Å². The van der Waals surface area contributed by atoms with E-state index in [9.17, 15) is 22.1 Å². The van der Waals surface area contributed by atoms with Crippen LogP contribution < -0.4 is 5.39 Å². The standard InChI is InChI=1S/C8H8O.BF4.N2/c1-7(9)8-5-3-2-4-6-8;2-1(3,4)5;1-2/h2-6H,1H3;;/q;-1;/p+1. The minimum atomic E-state index is -6.00. The molecule has 0 atom stereocenters. The van der Waals surface area contributed by atoms with E-state index in [1.807, 2.05) is 30.3 Å². The number of hydrogen-bond donors (Lipinski definition) is 1. The predicted molar refractivity (Wildman–Crippen MR) is 49.3 cm³/mol. The van der Waals surface area contributed by atoms with E-state index in [1.54, 1.807) is 6.92 Å². The van der Waals surface area contributed by atoms with Crippen LogP contribution in [0.4, 0.5) is 17.3 Å². The highest BCUT2D eigenvalue weighted by atomic mass is 19.5. The number of hydrogen-bond acceptors (Lipinski definition) is 2. The number of nitrogens with one attached hydrogen (secondary N) is 1. The van der Waals surface area contributed by atoms with Gasteiger partial charge in [0, 0.05) is 5.56 Å². The van der Waals surface area contributed by atoms with E-state index < -0.39 is 7.25 Å². The second-order valence-electron chi connectivity index (χ2n) is 2.42. The van der Waals surface area contributed by atoms with Crippen molar-refractivity contribution in [2.45, 2.75) is 6.92 Å². The Balaban J connectivity index is 0. The van der Waals surface area contributed by atoms with E-state index in [0.717, 1.165) is 5.56 Å². The number of diazo groups is 1. The number of halogens is 4. The Morgan fingerprint density at radius 3 is 1.62 bits per heavy atom. The van der Waals surface area contributed by atoms with Gasteiger partial charge in [-0.25, -0.2) is 0 Å². The lowest BCUT2D eigenvalue weighted by Crippen LogP contribution is -2.11. The minimum Gasteiger partial charge on any atom is -0.418 e. The topological polar surface area (TPSA) is 64.7 Å². The van der Waals surface area contributed by atoms with Crippen LogP contribution in [0.15, 0.2) is 30.3 Å². The molecule has 0 aliphatic heterocycles. The summed E-state index contributed by atoms with van der Waals surface area (Å²) in [7, 11) is -6.00.